The Bertz CT molecular complexity index is 961. The Morgan fingerprint density at radius 1 is 0.636 bits per heavy atom. The maximum Gasteiger partial charge on any atom is 0.127 e. The Balaban J connectivity index is 0.975. The summed E-state index contributed by atoms with van der Waals surface area (Å²) in [6.45, 7) is 1.20. The summed E-state index contributed by atoms with van der Waals surface area (Å²) in [5.74, 6) is 0.864. The second-order valence-electron chi connectivity index (χ2n) is 10.7. The van der Waals surface area contributed by atoms with E-state index in [4.69, 9.17) is 23.7 Å². The number of hydrogen-bond acceptors (Lipinski definition) is 5. The highest BCUT2D eigenvalue weighted by atomic mass is 16.7. The van der Waals surface area contributed by atoms with Crippen LogP contribution in [-0.2, 0) is 34.9 Å². The molecule has 10 atom stereocenters. The molecular weight excluding hydrogens is 416 g/mol. The van der Waals surface area contributed by atoms with Crippen molar-refractivity contribution in [3.8, 4) is 0 Å². The largest absolute Gasteiger partial charge is 0.376 e. The van der Waals surface area contributed by atoms with Crippen LogP contribution in [0.3, 0.4) is 0 Å². The Kier molecular flexibility index (Phi) is 4.08. The summed E-state index contributed by atoms with van der Waals surface area (Å²) < 4.78 is 31.1. The van der Waals surface area contributed by atoms with E-state index >= 15 is 0 Å². The first-order valence-electron chi connectivity index (χ1n) is 12.7. The number of rotatable bonds is 8. The Morgan fingerprint density at radius 2 is 1.09 bits per heavy atom. The van der Waals surface area contributed by atoms with Crippen molar-refractivity contribution in [2.75, 3.05) is 13.2 Å². The standard InChI is InChI=1S/C28H30O5/c1-3-7-17(8-4-1)27(19-11-13-21-25(19)30-21)23(32-27)15-29-16-24-28(33-24,18-9-5-2-6-10-18)20-12-14-22-26(20)31-22/h1-10,19-26H,11-16H2. The molecule has 10 unspecified atom stereocenters. The third-order valence-electron chi connectivity index (χ3n) is 9.17. The first-order chi connectivity index (χ1) is 16.3. The molecule has 2 saturated carbocycles. The zero-order chi connectivity index (χ0) is 21.6. The Morgan fingerprint density at radius 3 is 1.45 bits per heavy atom. The molecule has 4 saturated heterocycles. The van der Waals surface area contributed by atoms with Crippen LogP contribution >= 0.6 is 0 Å². The van der Waals surface area contributed by atoms with E-state index in [-0.39, 0.29) is 23.4 Å². The van der Waals surface area contributed by atoms with E-state index in [1.807, 2.05) is 0 Å². The summed E-state index contributed by atoms with van der Waals surface area (Å²) in [6.07, 6.45) is 6.45. The molecule has 5 heteroatoms. The van der Waals surface area contributed by atoms with Gasteiger partial charge in [0.25, 0.3) is 0 Å². The lowest BCUT2D eigenvalue weighted by Gasteiger charge is -2.22. The van der Waals surface area contributed by atoms with E-state index < -0.39 is 0 Å². The lowest BCUT2D eigenvalue weighted by atomic mass is 9.81. The predicted molar refractivity (Wildman–Crippen MR) is 120 cm³/mol. The number of fused-ring (bicyclic) bond motifs is 2. The second-order valence-corrected chi connectivity index (χ2v) is 10.7. The molecule has 0 N–H and O–H groups in total. The van der Waals surface area contributed by atoms with E-state index in [1.165, 1.54) is 24.0 Å². The fraction of sp³-hybridized carbons (Fsp3) is 0.571. The van der Waals surface area contributed by atoms with Crippen molar-refractivity contribution in [1.82, 2.24) is 0 Å². The van der Waals surface area contributed by atoms with Crippen LogP contribution in [0, 0.1) is 11.8 Å². The number of epoxide rings is 4. The summed E-state index contributed by atoms with van der Waals surface area (Å²) in [4.78, 5) is 0. The summed E-state index contributed by atoms with van der Waals surface area (Å²) in [7, 11) is 0. The van der Waals surface area contributed by atoms with E-state index in [2.05, 4.69) is 60.7 Å². The van der Waals surface area contributed by atoms with Gasteiger partial charge in [0.1, 0.15) is 23.4 Å². The van der Waals surface area contributed by atoms with Gasteiger partial charge in [0.15, 0.2) is 0 Å². The first kappa shape index (κ1) is 19.5. The van der Waals surface area contributed by atoms with Crippen LogP contribution in [0.2, 0.25) is 0 Å². The van der Waals surface area contributed by atoms with E-state index in [0.717, 1.165) is 12.8 Å². The van der Waals surface area contributed by atoms with Crippen molar-refractivity contribution < 1.29 is 23.7 Å². The number of benzene rings is 2. The molecule has 0 spiro atoms. The Hall–Kier alpha value is -1.76. The highest BCUT2D eigenvalue weighted by molar-refractivity contribution is 5.34. The molecule has 6 aliphatic rings. The van der Waals surface area contributed by atoms with Gasteiger partial charge in [-0.25, -0.2) is 0 Å². The van der Waals surface area contributed by atoms with Gasteiger partial charge in [0.05, 0.1) is 37.6 Å². The highest BCUT2D eigenvalue weighted by Crippen LogP contribution is 2.63. The molecule has 2 aromatic rings. The lowest BCUT2D eigenvalue weighted by molar-refractivity contribution is 0.101. The molecule has 4 aliphatic heterocycles. The minimum Gasteiger partial charge on any atom is -0.376 e. The molecule has 4 heterocycles. The van der Waals surface area contributed by atoms with Crippen molar-refractivity contribution >= 4 is 0 Å². The average molecular weight is 447 g/mol. The van der Waals surface area contributed by atoms with Crippen molar-refractivity contribution in [2.24, 2.45) is 11.8 Å². The molecule has 0 radical (unpaired) electrons. The van der Waals surface area contributed by atoms with Gasteiger partial charge in [0, 0.05) is 11.8 Å². The summed E-state index contributed by atoms with van der Waals surface area (Å²) in [5.41, 5.74) is 2.03. The summed E-state index contributed by atoms with van der Waals surface area (Å²) in [6, 6.07) is 21.4. The highest BCUT2D eigenvalue weighted by Gasteiger charge is 2.71. The summed E-state index contributed by atoms with van der Waals surface area (Å²) in [5, 5.41) is 0. The van der Waals surface area contributed by atoms with Gasteiger partial charge in [-0.3, -0.25) is 0 Å². The minimum absolute atomic E-state index is 0.0837. The van der Waals surface area contributed by atoms with Crippen LogP contribution in [0.15, 0.2) is 60.7 Å². The molecule has 6 fully saturated rings. The van der Waals surface area contributed by atoms with Crippen LogP contribution in [0.1, 0.15) is 36.8 Å². The molecule has 5 nitrogen and oxygen atoms in total. The van der Waals surface area contributed by atoms with Gasteiger partial charge < -0.3 is 23.7 Å². The van der Waals surface area contributed by atoms with Gasteiger partial charge in [-0.2, -0.15) is 0 Å². The average Bonchev–Trinajstić information content (AvgIpc) is 3.79. The van der Waals surface area contributed by atoms with Gasteiger partial charge in [0.2, 0.25) is 0 Å². The van der Waals surface area contributed by atoms with Crippen molar-refractivity contribution in [3.05, 3.63) is 71.8 Å². The molecule has 172 valence electrons. The third kappa shape index (κ3) is 2.83. The van der Waals surface area contributed by atoms with Gasteiger partial charge in [-0.05, 0) is 36.8 Å². The topological polar surface area (TPSA) is 59.4 Å². The maximum absolute atomic E-state index is 6.47. The molecule has 0 bridgehead atoms. The van der Waals surface area contributed by atoms with Crippen LogP contribution in [0.4, 0.5) is 0 Å². The molecule has 8 rings (SSSR count). The predicted octanol–water partition coefficient (Wildman–Crippen LogP) is 3.95. The lowest BCUT2D eigenvalue weighted by Crippen LogP contribution is -2.30. The maximum atomic E-state index is 6.47. The quantitative estimate of drug-likeness (QED) is 0.575. The molecule has 0 aromatic heterocycles. The van der Waals surface area contributed by atoms with Crippen LogP contribution in [-0.4, -0.2) is 49.8 Å². The van der Waals surface area contributed by atoms with Crippen molar-refractivity contribution in [2.45, 2.75) is 73.5 Å². The number of hydrogen-bond donors (Lipinski definition) is 0. The van der Waals surface area contributed by atoms with E-state index in [1.54, 1.807) is 0 Å². The van der Waals surface area contributed by atoms with Gasteiger partial charge >= 0.3 is 0 Å². The normalized spacial score (nSPS) is 48.2. The Labute approximate surface area is 194 Å². The summed E-state index contributed by atoms with van der Waals surface area (Å²) >= 11 is 0. The zero-order valence-corrected chi connectivity index (χ0v) is 18.7. The molecule has 33 heavy (non-hydrogen) atoms. The van der Waals surface area contributed by atoms with E-state index in [9.17, 15) is 0 Å². The van der Waals surface area contributed by atoms with Gasteiger partial charge in [-0.1, -0.05) is 60.7 Å². The van der Waals surface area contributed by atoms with Crippen LogP contribution in [0.25, 0.3) is 0 Å². The molecule has 2 aromatic carbocycles. The molecular formula is C28H30O5. The number of ether oxygens (including phenoxy) is 5. The van der Waals surface area contributed by atoms with Crippen LogP contribution in [0.5, 0.6) is 0 Å². The minimum atomic E-state index is -0.251. The van der Waals surface area contributed by atoms with Crippen LogP contribution < -0.4 is 0 Å². The fourth-order valence-corrected chi connectivity index (χ4v) is 7.40. The first-order valence-corrected chi connectivity index (χ1v) is 12.7. The molecule has 2 aliphatic carbocycles. The van der Waals surface area contributed by atoms with Crippen molar-refractivity contribution in [3.63, 3.8) is 0 Å². The third-order valence-corrected chi connectivity index (χ3v) is 9.17. The smallest absolute Gasteiger partial charge is 0.127 e. The van der Waals surface area contributed by atoms with E-state index in [0.29, 0.717) is 49.5 Å². The molecule has 0 amide bonds. The SMILES string of the molecule is c1ccc(C2(C3CCC4OC43)OC2COCC2OC2(c2ccccc2)C2CCC3OC32)cc1. The van der Waals surface area contributed by atoms with Gasteiger partial charge in [-0.15, -0.1) is 0 Å². The fourth-order valence-electron chi connectivity index (χ4n) is 7.40. The van der Waals surface area contributed by atoms with Crippen molar-refractivity contribution in [1.29, 1.82) is 0 Å². The zero-order valence-electron chi connectivity index (χ0n) is 18.7. The monoisotopic (exact) mass is 446 g/mol. The second kappa shape index (κ2) is 6.89.